The number of hydrogen-bond donors (Lipinski definition) is 0. The molecule has 0 aliphatic carbocycles. The van der Waals surface area contributed by atoms with E-state index < -0.39 is 18.1 Å². The van der Waals surface area contributed by atoms with E-state index in [1.54, 1.807) is 17.2 Å². The number of para-hydroxylation sites is 2. The van der Waals surface area contributed by atoms with Gasteiger partial charge < -0.3 is 4.74 Å². The van der Waals surface area contributed by atoms with Crippen molar-refractivity contribution in [3.8, 4) is 5.75 Å². The van der Waals surface area contributed by atoms with E-state index in [1.165, 1.54) is 37.0 Å². The van der Waals surface area contributed by atoms with Crippen molar-refractivity contribution in [3.05, 3.63) is 90.5 Å². The number of imide groups is 1. The predicted octanol–water partition coefficient (Wildman–Crippen LogP) is 6.48. The highest BCUT2D eigenvalue weighted by atomic mass is 16.7. The molecule has 3 atom stereocenters. The van der Waals surface area contributed by atoms with E-state index in [1.807, 2.05) is 72.8 Å². The van der Waals surface area contributed by atoms with Crippen LogP contribution in [0.5, 0.6) is 5.75 Å². The Hall–Kier alpha value is -3.64. The molecular formula is C31H34N2O4. The monoisotopic (exact) mass is 498 g/mol. The summed E-state index contributed by atoms with van der Waals surface area (Å²) >= 11 is 0. The van der Waals surface area contributed by atoms with Gasteiger partial charge in [-0.2, -0.15) is 0 Å². The maximum Gasteiger partial charge on any atom is 0.266 e. The van der Waals surface area contributed by atoms with E-state index in [2.05, 4.69) is 6.92 Å². The minimum absolute atomic E-state index is 0.243. The maximum absolute atomic E-state index is 13.7. The molecule has 0 spiro atoms. The first-order valence-electron chi connectivity index (χ1n) is 13.4. The third-order valence-corrected chi connectivity index (χ3v) is 7.13. The Bertz CT molecular complexity index is 1180. The molecule has 0 unspecified atom stereocenters. The number of benzene rings is 3. The van der Waals surface area contributed by atoms with Crippen LogP contribution >= 0.6 is 0 Å². The number of nitrogens with zero attached hydrogens (tertiary/aromatic N) is 2. The van der Waals surface area contributed by atoms with E-state index in [0.29, 0.717) is 12.3 Å². The third-order valence-electron chi connectivity index (χ3n) is 7.13. The standard InChI is InChI=1S/C31H34N2O4/c1-2-3-4-5-6-13-22-36-26-20-18-23(19-21-26)28-27-29(37-33(28)25-16-11-8-12-17-25)31(35)32(30(27)34)24-14-9-7-10-15-24/h7-12,14-21,27-29H,2-6,13,22H2,1H3/t27-,28-,29-/m1/s1. The summed E-state index contributed by atoms with van der Waals surface area (Å²) in [5.41, 5.74) is 2.27. The van der Waals surface area contributed by atoms with Crippen molar-refractivity contribution in [2.75, 3.05) is 16.6 Å². The van der Waals surface area contributed by atoms with Gasteiger partial charge in [0.25, 0.3) is 5.91 Å². The van der Waals surface area contributed by atoms with Crippen LogP contribution in [0.2, 0.25) is 0 Å². The fourth-order valence-corrected chi connectivity index (χ4v) is 5.22. The van der Waals surface area contributed by atoms with Crippen LogP contribution in [0.4, 0.5) is 11.4 Å². The van der Waals surface area contributed by atoms with Crippen molar-refractivity contribution >= 4 is 23.2 Å². The number of fused-ring (bicyclic) bond motifs is 1. The van der Waals surface area contributed by atoms with E-state index in [4.69, 9.17) is 9.57 Å². The Balaban J connectivity index is 1.34. The van der Waals surface area contributed by atoms with Crippen molar-refractivity contribution in [3.63, 3.8) is 0 Å². The summed E-state index contributed by atoms with van der Waals surface area (Å²) in [5.74, 6) is -0.418. The summed E-state index contributed by atoms with van der Waals surface area (Å²) in [4.78, 5) is 34.5. The molecule has 2 aliphatic rings. The van der Waals surface area contributed by atoms with Gasteiger partial charge in [0.05, 0.1) is 24.0 Å². The smallest absolute Gasteiger partial charge is 0.266 e. The lowest BCUT2D eigenvalue weighted by Gasteiger charge is -2.28. The normalized spacial score (nSPS) is 20.9. The van der Waals surface area contributed by atoms with Crippen LogP contribution < -0.4 is 14.7 Å². The van der Waals surface area contributed by atoms with E-state index in [9.17, 15) is 9.59 Å². The highest BCUT2D eigenvalue weighted by Gasteiger charge is 2.60. The zero-order chi connectivity index (χ0) is 25.6. The van der Waals surface area contributed by atoms with Gasteiger partial charge in [-0.1, -0.05) is 87.6 Å². The minimum Gasteiger partial charge on any atom is -0.494 e. The predicted molar refractivity (Wildman–Crippen MR) is 144 cm³/mol. The van der Waals surface area contributed by atoms with E-state index in [0.717, 1.165) is 23.4 Å². The number of carbonyl (C=O) groups excluding carboxylic acids is 2. The van der Waals surface area contributed by atoms with Crippen LogP contribution in [0, 0.1) is 5.92 Å². The second-order valence-corrected chi connectivity index (χ2v) is 9.69. The summed E-state index contributed by atoms with van der Waals surface area (Å²) in [6.07, 6.45) is 6.44. The minimum atomic E-state index is -0.874. The highest BCUT2D eigenvalue weighted by molar-refractivity contribution is 6.23. The zero-order valence-electron chi connectivity index (χ0n) is 21.3. The van der Waals surface area contributed by atoms with Crippen molar-refractivity contribution in [2.45, 2.75) is 57.6 Å². The second-order valence-electron chi connectivity index (χ2n) is 9.69. The summed E-state index contributed by atoms with van der Waals surface area (Å²) in [6.45, 7) is 2.92. The van der Waals surface area contributed by atoms with Crippen molar-refractivity contribution < 1.29 is 19.2 Å². The van der Waals surface area contributed by atoms with Crippen molar-refractivity contribution in [1.29, 1.82) is 0 Å². The fourth-order valence-electron chi connectivity index (χ4n) is 5.22. The largest absolute Gasteiger partial charge is 0.494 e. The van der Waals surface area contributed by atoms with E-state index in [-0.39, 0.29) is 11.8 Å². The number of carbonyl (C=O) groups is 2. The molecule has 192 valence electrons. The Morgan fingerprint density at radius 1 is 0.730 bits per heavy atom. The second kappa shape index (κ2) is 11.6. The van der Waals surface area contributed by atoms with Gasteiger partial charge in [0, 0.05) is 0 Å². The highest BCUT2D eigenvalue weighted by Crippen LogP contribution is 2.47. The first-order valence-corrected chi connectivity index (χ1v) is 13.4. The lowest BCUT2D eigenvalue weighted by molar-refractivity contribution is -0.126. The van der Waals surface area contributed by atoms with Crippen LogP contribution in [-0.2, 0) is 14.4 Å². The third kappa shape index (κ3) is 5.25. The lowest BCUT2D eigenvalue weighted by Crippen LogP contribution is -2.37. The number of hydroxylamine groups is 1. The Labute approximate surface area is 218 Å². The van der Waals surface area contributed by atoms with Gasteiger partial charge >= 0.3 is 0 Å². The molecule has 0 aromatic heterocycles. The molecule has 5 rings (SSSR count). The number of ether oxygens (including phenoxy) is 1. The van der Waals surface area contributed by atoms with Gasteiger partial charge in [-0.05, 0) is 48.4 Å². The van der Waals surface area contributed by atoms with Crippen LogP contribution in [0.1, 0.15) is 57.1 Å². The molecule has 2 aliphatic heterocycles. The van der Waals surface area contributed by atoms with Gasteiger partial charge in [-0.15, -0.1) is 0 Å². The molecule has 2 amide bonds. The molecule has 2 saturated heterocycles. The summed E-state index contributed by atoms with van der Waals surface area (Å²) in [6, 6.07) is 26.1. The average Bonchev–Trinajstić information content (AvgIpc) is 3.45. The molecule has 0 saturated carbocycles. The van der Waals surface area contributed by atoms with Crippen molar-refractivity contribution in [1.82, 2.24) is 0 Å². The topological polar surface area (TPSA) is 59.1 Å². The fraction of sp³-hybridized carbons (Fsp3) is 0.355. The molecule has 6 nitrogen and oxygen atoms in total. The maximum atomic E-state index is 13.7. The van der Waals surface area contributed by atoms with Crippen LogP contribution in [-0.4, -0.2) is 24.5 Å². The quantitative estimate of drug-likeness (QED) is 0.224. The molecule has 0 N–H and O–H groups in total. The van der Waals surface area contributed by atoms with Crippen LogP contribution in [0.3, 0.4) is 0 Å². The van der Waals surface area contributed by atoms with Gasteiger partial charge in [-0.25, -0.2) is 9.96 Å². The van der Waals surface area contributed by atoms with E-state index >= 15 is 0 Å². The van der Waals surface area contributed by atoms with Gasteiger partial charge in [0.1, 0.15) is 11.7 Å². The molecule has 2 fully saturated rings. The van der Waals surface area contributed by atoms with Crippen molar-refractivity contribution in [2.24, 2.45) is 5.92 Å². The molecule has 6 heteroatoms. The molecule has 2 heterocycles. The number of anilines is 2. The first kappa shape index (κ1) is 25.0. The molecule has 37 heavy (non-hydrogen) atoms. The van der Waals surface area contributed by atoms with Crippen LogP contribution in [0.25, 0.3) is 0 Å². The zero-order valence-corrected chi connectivity index (χ0v) is 21.3. The summed E-state index contributed by atoms with van der Waals surface area (Å²) in [7, 11) is 0. The average molecular weight is 499 g/mol. The Kier molecular flexibility index (Phi) is 7.85. The van der Waals surface area contributed by atoms with Gasteiger partial charge in [0.15, 0.2) is 6.10 Å². The SMILES string of the molecule is CCCCCCCCOc1ccc([C@@H]2[C@H]3C(=O)N(c4ccccc4)C(=O)[C@@H]3ON2c2ccccc2)cc1. The summed E-state index contributed by atoms with van der Waals surface area (Å²) in [5, 5.41) is 1.72. The molecule has 3 aromatic rings. The molecule has 0 radical (unpaired) electrons. The summed E-state index contributed by atoms with van der Waals surface area (Å²) < 4.78 is 5.97. The molecule has 3 aromatic carbocycles. The lowest BCUT2D eigenvalue weighted by atomic mass is 9.90. The number of hydrogen-bond acceptors (Lipinski definition) is 5. The van der Waals surface area contributed by atoms with Crippen LogP contribution in [0.15, 0.2) is 84.9 Å². The number of unbranched alkanes of at least 4 members (excludes halogenated alkanes) is 5. The Morgan fingerprint density at radius 3 is 2.03 bits per heavy atom. The van der Waals surface area contributed by atoms with Gasteiger partial charge in [-0.3, -0.25) is 14.4 Å². The molecule has 0 bridgehead atoms. The molecular weight excluding hydrogens is 464 g/mol. The number of amides is 2. The van der Waals surface area contributed by atoms with Gasteiger partial charge in [0.2, 0.25) is 5.91 Å². The number of rotatable bonds is 11. The Morgan fingerprint density at radius 2 is 1.35 bits per heavy atom. The first-order chi connectivity index (χ1) is 18.2.